The van der Waals surface area contributed by atoms with Gasteiger partial charge in [-0.1, -0.05) is 27.7 Å². The molecule has 0 bridgehead atoms. The fourth-order valence-corrected chi connectivity index (χ4v) is 2.79. The lowest BCUT2D eigenvalue weighted by molar-refractivity contribution is 0.0729. The first-order chi connectivity index (χ1) is 6.47. The van der Waals surface area contributed by atoms with Crippen molar-refractivity contribution in [3.05, 3.63) is 0 Å². The molecule has 0 aromatic heterocycles. The Morgan fingerprint density at radius 1 is 1.43 bits per heavy atom. The summed E-state index contributed by atoms with van der Waals surface area (Å²) >= 11 is 0. The molecular weight excluding hydrogens is 175 g/mol. The van der Waals surface area contributed by atoms with Gasteiger partial charge in [-0.25, -0.2) is 0 Å². The van der Waals surface area contributed by atoms with E-state index < -0.39 is 0 Å². The van der Waals surface area contributed by atoms with Gasteiger partial charge >= 0.3 is 0 Å². The Balaban J connectivity index is 2.55. The summed E-state index contributed by atoms with van der Waals surface area (Å²) in [6, 6.07) is 0. The van der Waals surface area contributed by atoms with Crippen LogP contribution in [0.3, 0.4) is 0 Å². The van der Waals surface area contributed by atoms with Crippen LogP contribution >= 0.6 is 0 Å². The second-order valence-corrected chi connectivity index (χ2v) is 6.05. The average molecular weight is 200 g/mol. The molecule has 1 fully saturated rings. The molecule has 14 heavy (non-hydrogen) atoms. The normalized spacial score (nSPS) is 39.0. The summed E-state index contributed by atoms with van der Waals surface area (Å²) < 4.78 is 12.9. The molecule has 84 valence electrons. The lowest BCUT2D eigenvalue weighted by Crippen LogP contribution is -2.32. The topological polar surface area (TPSA) is 0 Å². The number of hydrogen-bond acceptors (Lipinski definition) is 0. The molecule has 0 aliphatic heterocycles. The van der Waals surface area contributed by atoms with E-state index >= 15 is 0 Å². The summed E-state index contributed by atoms with van der Waals surface area (Å²) in [5, 5.41) is 0. The lowest BCUT2D eigenvalue weighted by atomic mass is 9.65. The summed E-state index contributed by atoms with van der Waals surface area (Å²) in [6.45, 7) is 8.87. The molecule has 1 saturated carbocycles. The van der Waals surface area contributed by atoms with E-state index in [0.717, 1.165) is 30.6 Å². The standard InChI is InChI=1S/C13H25F/c1-10(2)7-12-8-13(4,9-14)6-5-11(12)3/h10-12H,5-9H2,1-4H3/t11?,12?,13-/m0/s1. The van der Waals surface area contributed by atoms with E-state index in [0.29, 0.717) is 0 Å². The molecule has 0 aromatic rings. The zero-order valence-corrected chi connectivity index (χ0v) is 10.1. The zero-order valence-electron chi connectivity index (χ0n) is 10.1. The van der Waals surface area contributed by atoms with Crippen LogP contribution in [0, 0.1) is 23.2 Å². The summed E-state index contributed by atoms with van der Waals surface area (Å²) in [6.07, 6.45) is 4.68. The van der Waals surface area contributed by atoms with E-state index in [1.165, 1.54) is 12.8 Å². The third-order valence-corrected chi connectivity index (χ3v) is 3.86. The summed E-state index contributed by atoms with van der Waals surface area (Å²) in [5.41, 5.74) is -0.00787. The van der Waals surface area contributed by atoms with Gasteiger partial charge in [0.1, 0.15) is 0 Å². The van der Waals surface area contributed by atoms with Crippen molar-refractivity contribution in [2.24, 2.45) is 23.2 Å². The van der Waals surface area contributed by atoms with Gasteiger partial charge in [-0.3, -0.25) is 4.39 Å². The van der Waals surface area contributed by atoms with Crippen molar-refractivity contribution in [2.75, 3.05) is 6.67 Å². The molecular formula is C13H25F. The number of halogens is 1. The minimum atomic E-state index is -0.131. The quantitative estimate of drug-likeness (QED) is 0.631. The molecule has 0 nitrogen and oxygen atoms in total. The van der Waals surface area contributed by atoms with Crippen LogP contribution in [0.5, 0.6) is 0 Å². The predicted molar refractivity (Wildman–Crippen MR) is 60.0 cm³/mol. The van der Waals surface area contributed by atoms with Crippen LogP contribution in [-0.2, 0) is 0 Å². The fourth-order valence-electron chi connectivity index (χ4n) is 2.79. The Kier molecular flexibility index (Phi) is 3.97. The van der Waals surface area contributed by atoms with Gasteiger partial charge in [0.05, 0.1) is 6.67 Å². The maximum Gasteiger partial charge on any atom is 0.0948 e. The molecule has 1 aliphatic rings. The summed E-state index contributed by atoms with van der Waals surface area (Å²) in [4.78, 5) is 0. The highest BCUT2D eigenvalue weighted by atomic mass is 19.1. The number of rotatable bonds is 3. The van der Waals surface area contributed by atoms with Crippen LogP contribution in [0.15, 0.2) is 0 Å². The van der Waals surface area contributed by atoms with Crippen molar-refractivity contribution >= 4 is 0 Å². The molecule has 0 radical (unpaired) electrons. The van der Waals surface area contributed by atoms with Crippen LogP contribution in [0.1, 0.15) is 53.4 Å². The third kappa shape index (κ3) is 2.96. The number of hydrogen-bond donors (Lipinski definition) is 0. The highest BCUT2D eigenvalue weighted by Crippen LogP contribution is 2.44. The van der Waals surface area contributed by atoms with Crippen LogP contribution in [0.4, 0.5) is 4.39 Å². The van der Waals surface area contributed by atoms with Crippen LogP contribution in [0.25, 0.3) is 0 Å². The SMILES string of the molecule is CC(C)CC1C[C@@](C)(CF)CCC1C. The van der Waals surface area contributed by atoms with Crippen molar-refractivity contribution in [3.63, 3.8) is 0 Å². The zero-order chi connectivity index (χ0) is 10.8. The van der Waals surface area contributed by atoms with Gasteiger partial charge in [-0.2, -0.15) is 0 Å². The first-order valence-corrected chi connectivity index (χ1v) is 6.03. The third-order valence-electron chi connectivity index (χ3n) is 3.86. The van der Waals surface area contributed by atoms with Gasteiger partial charge in [-0.15, -0.1) is 0 Å². The number of alkyl halides is 1. The fraction of sp³-hybridized carbons (Fsp3) is 1.00. The van der Waals surface area contributed by atoms with E-state index in [1.54, 1.807) is 0 Å². The maximum absolute atomic E-state index is 12.9. The van der Waals surface area contributed by atoms with Crippen molar-refractivity contribution < 1.29 is 4.39 Å². The Morgan fingerprint density at radius 3 is 2.57 bits per heavy atom. The molecule has 3 atom stereocenters. The minimum Gasteiger partial charge on any atom is -0.251 e. The highest BCUT2D eigenvalue weighted by Gasteiger charge is 2.35. The first kappa shape index (κ1) is 12.0. The van der Waals surface area contributed by atoms with Crippen molar-refractivity contribution in [1.82, 2.24) is 0 Å². The smallest absolute Gasteiger partial charge is 0.0948 e. The minimum absolute atomic E-state index is 0.00787. The molecule has 2 unspecified atom stereocenters. The van der Waals surface area contributed by atoms with Crippen molar-refractivity contribution in [2.45, 2.75) is 53.4 Å². The van der Waals surface area contributed by atoms with E-state index in [-0.39, 0.29) is 12.1 Å². The van der Waals surface area contributed by atoms with E-state index in [4.69, 9.17) is 0 Å². The van der Waals surface area contributed by atoms with Gasteiger partial charge in [0.15, 0.2) is 0 Å². The second kappa shape index (κ2) is 4.63. The van der Waals surface area contributed by atoms with Crippen LogP contribution in [0.2, 0.25) is 0 Å². The lowest BCUT2D eigenvalue weighted by Gasteiger charge is -2.40. The maximum atomic E-state index is 12.9. The monoisotopic (exact) mass is 200 g/mol. The average Bonchev–Trinajstić information content (AvgIpc) is 2.11. The molecule has 0 heterocycles. The second-order valence-electron chi connectivity index (χ2n) is 6.05. The first-order valence-electron chi connectivity index (χ1n) is 6.03. The largest absolute Gasteiger partial charge is 0.251 e. The van der Waals surface area contributed by atoms with Gasteiger partial charge in [0, 0.05) is 0 Å². The predicted octanol–water partition coefficient (Wildman–Crippen LogP) is 4.44. The molecule has 0 saturated heterocycles. The van der Waals surface area contributed by atoms with Gasteiger partial charge in [-0.05, 0) is 48.9 Å². The van der Waals surface area contributed by atoms with Gasteiger partial charge in [0.25, 0.3) is 0 Å². The Bertz CT molecular complexity index is 176. The molecule has 0 amide bonds. The van der Waals surface area contributed by atoms with Gasteiger partial charge in [0.2, 0.25) is 0 Å². The Hall–Kier alpha value is -0.0700. The highest BCUT2D eigenvalue weighted by molar-refractivity contribution is 4.86. The molecule has 1 rings (SSSR count). The molecule has 0 spiro atoms. The molecule has 0 aromatic carbocycles. The van der Waals surface area contributed by atoms with E-state index in [1.807, 2.05) is 0 Å². The van der Waals surface area contributed by atoms with Crippen molar-refractivity contribution in [3.8, 4) is 0 Å². The Morgan fingerprint density at radius 2 is 2.07 bits per heavy atom. The summed E-state index contributed by atoms with van der Waals surface area (Å²) in [5.74, 6) is 2.31. The molecule has 1 heteroatoms. The molecule has 0 N–H and O–H groups in total. The van der Waals surface area contributed by atoms with E-state index in [2.05, 4.69) is 27.7 Å². The van der Waals surface area contributed by atoms with Gasteiger partial charge < -0.3 is 0 Å². The van der Waals surface area contributed by atoms with Crippen molar-refractivity contribution in [1.29, 1.82) is 0 Å². The Labute approximate surface area is 88.3 Å². The molecule has 1 aliphatic carbocycles. The van der Waals surface area contributed by atoms with Crippen LogP contribution < -0.4 is 0 Å². The summed E-state index contributed by atoms with van der Waals surface area (Å²) in [7, 11) is 0. The van der Waals surface area contributed by atoms with E-state index in [9.17, 15) is 4.39 Å². The van der Waals surface area contributed by atoms with Crippen LogP contribution in [-0.4, -0.2) is 6.67 Å².